The van der Waals surface area contributed by atoms with E-state index in [1.807, 2.05) is 62.7 Å². The van der Waals surface area contributed by atoms with Crippen LogP contribution < -0.4 is 10.6 Å². The average Bonchev–Trinajstić information content (AvgIpc) is 3.11. The molecule has 0 spiro atoms. The van der Waals surface area contributed by atoms with E-state index in [1.165, 1.54) is 5.56 Å². The van der Waals surface area contributed by atoms with Crippen molar-refractivity contribution in [1.29, 1.82) is 0 Å². The van der Waals surface area contributed by atoms with Crippen LogP contribution in [0.15, 0.2) is 52.4 Å². The largest absolute Gasteiger partial charge is 0.444 e. The molecule has 2 aromatic carbocycles. The highest BCUT2D eigenvalue weighted by molar-refractivity contribution is 8.28. The summed E-state index contributed by atoms with van der Waals surface area (Å²) in [7, 11) is -0.602. The van der Waals surface area contributed by atoms with Crippen LogP contribution >= 0.6 is 22.5 Å². The number of aliphatic imine (C=N–C) groups is 1. The van der Waals surface area contributed by atoms with Crippen molar-refractivity contribution in [3.8, 4) is 0 Å². The third kappa shape index (κ3) is 6.74. The number of fused-ring (bicyclic) bond motifs is 1. The Morgan fingerprint density at radius 1 is 1.06 bits per heavy atom. The van der Waals surface area contributed by atoms with E-state index in [4.69, 9.17) is 16.3 Å². The minimum Gasteiger partial charge on any atom is -0.444 e. The topological polar surface area (TPSA) is 79.8 Å². The molecule has 0 radical (unpaired) electrons. The van der Waals surface area contributed by atoms with Crippen LogP contribution in [0.3, 0.4) is 0 Å². The van der Waals surface area contributed by atoms with Crippen LogP contribution in [0.5, 0.6) is 0 Å². The lowest BCUT2D eigenvalue weighted by atomic mass is 10.1. The Morgan fingerprint density at radius 3 is 2.48 bits per heavy atom. The summed E-state index contributed by atoms with van der Waals surface area (Å²) in [5, 5.41) is 6.31. The standard InChI is InChI=1S/C23H28ClN3O3S/c1-23(2,3)30-22(29)26-13-5-12-25-21(28)18-6-4-7-19-20(18)27-15-31(19)14-16-8-10-17(24)11-9-16/h4,6-11,15,31H,5,12-14H2,1-3H3,(H,25,28)(H,26,29). The summed E-state index contributed by atoms with van der Waals surface area (Å²) in [6.07, 6.45) is 0.148. The SMILES string of the molecule is CC(C)(C)OC(=O)NCCCNC(=O)c1cccc2c1N=C[SH]2Cc1ccc(Cl)cc1. The lowest BCUT2D eigenvalue weighted by Gasteiger charge is -2.19. The molecular weight excluding hydrogens is 434 g/mol. The van der Waals surface area contributed by atoms with Crippen molar-refractivity contribution in [2.24, 2.45) is 4.99 Å². The summed E-state index contributed by atoms with van der Waals surface area (Å²) in [6.45, 7) is 6.31. The molecule has 0 bridgehead atoms. The van der Waals surface area contributed by atoms with Gasteiger partial charge in [0.2, 0.25) is 0 Å². The molecule has 0 saturated heterocycles. The van der Waals surface area contributed by atoms with Gasteiger partial charge in [-0.15, -0.1) is 0 Å². The maximum atomic E-state index is 12.7. The van der Waals surface area contributed by atoms with Gasteiger partial charge in [-0.3, -0.25) is 4.79 Å². The second-order valence-corrected chi connectivity index (χ2v) is 10.6. The molecule has 8 heteroatoms. The number of carbonyl (C=O) groups is 2. The smallest absolute Gasteiger partial charge is 0.407 e. The molecule has 1 unspecified atom stereocenters. The van der Waals surface area contributed by atoms with E-state index in [1.54, 1.807) is 6.07 Å². The first-order valence-corrected chi connectivity index (χ1v) is 12.1. The van der Waals surface area contributed by atoms with E-state index in [0.717, 1.165) is 21.4 Å². The van der Waals surface area contributed by atoms with Crippen molar-refractivity contribution < 1.29 is 14.3 Å². The van der Waals surface area contributed by atoms with Crippen LogP contribution in [0.1, 0.15) is 43.1 Å². The van der Waals surface area contributed by atoms with E-state index in [0.29, 0.717) is 25.1 Å². The highest BCUT2D eigenvalue weighted by Gasteiger charge is 2.22. The number of rotatable bonds is 7. The summed E-state index contributed by atoms with van der Waals surface area (Å²) in [5.41, 5.74) is 3.97. The number of alkyl carbamates (subject to hydrolysis) is 1. The van der Waals surface area contributed by atoms with E-state index >= 15 is 0 Å². The van der Waals surface area contributed by atoms with Gasteiger partial charge in [0.05, 0.1) is 11.3 Å². The van der Waals surface area contributed by atoms with Gasteiger partial charge in [-0.05, 0) is 57.0 Å². The van der Waals surface area contributed by atoms with Crippen molar-refractivity contribution in [2.45, 2.75) is 43.4 Å². The second kappa shape index (κ2) is 10.2. The van der Waals surface area contributed by atoms with Crippen LogP contribution in [0.4, 0.5) is 10.5 Å². The number of carbonyl (C=O) groups excluding carboxylic acids is 2. The molecule has 1 aliphatic rings. The van der Waals surface area contributed by atoms with Gasteiger partial charge in [0.1, 0.15) is 5.60 Å². The number of para-hydroxylation sites is 1. The molecule has 6 nitrogen and oxygen atoms in total. The number of ether oxygens (including phenoxy) is 1. The summed E-state index contributed by atoms with van der Waals surface area (Å²) < 4.78 is 5.19. The number of hydrogen-bond acceptors (Lipinski definition) is 4. The van der Waals surface area contributed by atoms with E-state index in [-0.39, 0.29) is 5.91 Å². The van der Waals surface area contributed by atoms with Crippen LogP contribution in [-0.4, -0.2) is 36.2 Å². The molecule has 0 aromatic heterocycles. The van der Waals surface area contributed by atoms with Crippen LogP contribution in [-0.2, 0) is 10.5 Å². The second-order valence-electron chi connectivity index (χ2n) is 8.21. The predicted molar refractivity (Wildman–Crippen MR) is 128 cm³/mol. The zero-order valence-electron chi connectivity index (χ0n) is 17.9. The van der Waals surface area contributed by atoms with Crippen molar-refractivity contribution >= 4 is 45.7 Å². The fourth-order valence-corrected chi connectivity index (χ4v) is 5.16. The van der Waals surface area contributed by atoms with Gasteiger partial charge in [0.25, 0.3) is 5.91 Å². The molecule has 0 saturated carbocycles. The van der Waals surface area contributed by atoms with Gasteiger partial charge in [-0.25, -0.2) is 9.79 Å². The summed E-state index contributed by atoms with van der Waals surface area (Å²) >= 11 is 5.97. The minimum absolute atomic E-state index is 0.158. The molecule has 31 heavy (non-hydrogen) atoms. The van der Waals surface area contributed by atoms with E-state index < -0.39 is 22.6 Å². The normalized spacial score (nSPS) is 15.9. The lowest BCUT2D eigenvalue weighted by molar-refractivity contribution is 0.0527. The average molecular weight is 462 g/mol. The van der Waals surface area contributed by atoms with Crippen LogP contribution in [0.25, 0.3) is 0 Å². The molecule has 3 rings (SSSR count). The molecule has 0 fully saturated rings. The first-order chi connectivity index (χ1) is 14.7. The van der Waals surface area contributed by atoms with Crippen molar-refractivity contribution in [2.75, 3.05) is 13.1 Å². The van der Waals surface area contributed by atoms with Gasteiger partial charge in [0, 0.05) is 34.3 Å². The fourth-order valence-electron chi connectivity index (χ4n) is 3.07. The molecular formula is C23H28ClN3O3S. The first-order valence-electron chi connectivity index (χ1n) is 10.2. The predicted octanol–water partition coefficient (Wildman–Crippen LogP) is 5.22. The molecule has 2 N–H and O–H groups in total. The third-order valence-electron chi connectivity index (χ3n) is 4.47. The van der Waals surface area contributed by atoms with Gasteiger partial charge in [-0.2, -0.15) is 10.9 Å². The maximum absolute atomic E-state index is 12.7. The highest BCUT2D eigenvalue weighted by Crippen LogP contribution is 2.49. The number of amides is 2. The molecule has 1 aliphatic heterocycles. The Bertz CT molecular complexity index is 971. The number of hydrogen-bond donors (Lipinski definition) is 3. The summed E-state index contributed by atoms with van der Waals surface area (Å²) in [5.74, 6) is 0.708. The zero-order chi connectivity index (χ0) is 22.4. The van der Waals surface area contributed by atoms with E-state index in [2.05, 4.69) is 15.6 Å². The number of benzene rings is 2. The van der Waals surface area contributed by atoms with E-state index in [9.17, 15) is 9.59 Å². The molecule has 2 aromatic rings. The molecule has 166 valence electrons. The third-order valence-corrected chi connectivity index (χ3v) is 6.80. The van der Waals surface area contributed by atoms with Crippen LogP contribution in [0.2, 0.25) is 5.02 Å². The number of nitrogens with zero attached hydrogens (tertiary/aromatic N) is 1. The summed E-state index contributed by atoms with van der Waals surface area (Å²) in [4.78, 5) is 30.0. The van der Waals surface area contributed by atoms with Crippen molar-refractivity contribution in [1.82, 2.24) is 10.6 Å². The minimum atomic E-state index is -0.602. The quantitative estimate of drug-likeness (QED) is 0.390. The zero-order valence-corrected chi connectivity index (χ0v) is 19.6. The van der Waals surface area contributed by atoms with Gasteiger partial charge in [-0.1, -0.05) is 29.8 Å². The summed E-state index contributed by atoms with van der Waals surface area (Å²) in [6, 6.07) is 13.6. The Labute approximate surface area is 190 Å². The molecule has 1 atom stereocenters. The molecule has 2 amide bonds. The maximum Gasteiger partial charge on any atom is 0.407 e. The van der Waals surface area contributed by atoms with Crippen molar-refractivity contribution in [3.05, 3.63) is 58.6 Å². The molecule has 0 aliphatic carbocycles. The van der Waals surface area contributed by atoms with Gasteiger partial charge in [0.15, 0.2) is 0 Å². The lowest BCUT2D eigenvalue weighted by Crippen LogP contribution is -2.34. The number of thiol groups is 1. The van der Waals surface area contributed by atoms with Crippen LogP contribution in [0, 0.1) is 0 Å². The van der Waals surface area contributed by atoms with Gasteiger partial charge >= 0.3 is 6.09 Å². The Balaban J connectivity index is 1.52. The monoisotopic (exact) mass is 461 g/mol. The fraction of sp³-hybridized carbons (Fsp3) is 0.348. The highest BCUT2D eigenvalue weighted by atomic mass is 35.5. The molecule has 1 heterocycles. The Morgan fingerprint density at radius 2 is 1.77 bits per heavy atom. The van der Waals surface area contributed by atoms with Crippen molar-refractivity contribution in [3.63, 3.8) is 0 Å². The number of nitrogens with one attached hydrogen (secondary N) is 2. The Kier molecular flexibility index (Phi) is 7.62. The van der Waals surface area contributed by atoms with Gasteiger partial charge < -0.3 is 15.4 Å². The first kappa shape index (κ1) is 23.2. The number of halogens is 1. The Hall–Kier alpha value is -2.51.